The summed E-state index contributed by atoms with van der Waals surface area (Å²) in [6.07, 6.45) is 0. The van der Waals surface area contributed by atoms with E-state index in [2.05, 4.69) is 28.9 Å². The summed E-state index contributed by atoms with van der Waals surface area (Å²) in [6, 6.07) is 3.95. The van der Waals surface area contributed by atoms with E-state index in [9.17, 15) is 0 Å². The lowest BCUT2D eigenvalue weighted by atomic mass is 9.93. The van der Waals surface area contributed by atoms with Crippen LogP contribution in [-0.2, 0) is 6.54 Å². The standard InChI is InChI=1S/C13H20N4OS/c1-13(2,8-14)9-17(3)7-11-15-16-12(18-11)10-5-4-6-19-10/h4-6H,7-9,14H2,1-3H3. The van der Waals surface area contributed by atoms with Crippen LogP contribution in [-0.4, -0.2) is 35.2 Å². The maximum Gasteiger partial charge on any atom is 0.257 e. The van der Waals surface area contributed by atoms with E-state index in [1.807, 2.05) is 24.6 Å². The molecular weight excluding hydrogens is 260 g/mol. The number of hydrogen-bond acceptors (Lipinski definition) is 6. The van der Waals surface area contributed by atoms with Crippen LogP contribution in [0.2, 0.25) is 0 Å². The molecule has 0 aliphatic rings. The van der Waals surface area contributed by atoms with Gasteiger partial charge < -0.3 is 10.2 Å². The minimum absolute atomic E-state index is 0.0886. The second-order valence-electron chi connectivity index (χ2n) is 5.52. The van der Waals surface area contributed by atoms with E-state index >= 15 is 0 Å². The highest BCUT2D eigenvalue weighted by Crippen LogP contribution is 2.23. The summed E-state index contributed by atoms with van der Waals surface area (Å²) in [6.45, 7) is 6.48. The summed E-state index contributed by atoms with van der Waals surface area (Å²) in [5, 5.41) is 10.2. The fourth-order valence-corrected chi connectivity index (χ4v) is 2.54. The molecule has 19 heavy (non-hydrogen) atoms. The zero-order chi connectivity index (χ0) is 13.9. The van der Waals surface area contributed by atoms with Gasteiger partial charge in [0.15, 0.2) is 0 Å². The average Bonchev–Trinajstić information content (AvgIpc) is 2.97. The summed E-state index contributed by atoms with van der Waals surface area (Å²) in [5.74, 6) is 1.23. The van der Waals surface area contributed by atoms with Gasteiger partial charge in [-0.1, -0.05) is 19.9 Å². The number of rotatable bonds is 6. The van der Waals surface area contributed by atoms with Gasteiger partial charge >= 0.3 is 0 Å². The molecule has 0 radical (unpaired) electrons. The zero-order valence-corrected chi connectivity index (χ0v) is 12.4. The van der Waals surface area contributed by atoms with Crippen molar-refractivity contribution in [2.45, 2.75) is 20.4 Å². The van der Waals surface area contributed by atoms with E-state index in [-0.39, 0.29) is 5.41 Å². The molecule has 0 unspecified atom stereocenters. The van der Waals surface area contributed by atoms with Crippen molar-refractivity contribution in [1.29, 1.82) is 0 Å². The van der Waals surface area contributed by atoms with Crippen LogP contribution in [0.3, 0.4) is 0 Å². The average molecular weight is 280 g/mol. The summed E-state index contributed by atoms with van der Waals surface area (Å²) >= 11 is 1.60. The molecule has 2 heterocycles. The van der Waals surface area contributed by atoms with Crippen molar-refractivity contribution in [3.63, 3.8) is 0 Å². The third-order valence-electron chi connectivity index (χ3n) is 2.85. The second-order valence-corrected chi connectivity index (χ2v) is 6.47. The number of aromatic nitrogens is 2. The first-order valence-corrected chi connectivity index (χ1v) is 7.13. The molecule has 0 atom stereocenters. The Morgan fingerprint density at radius 2 is 2.21 bits per heavy atom. The Morgan fingerprint density at radius 1 is 1.42 bits per heavy atom. The fraction of sp³-hybridized carbons (Fsp3) is 0.538. The van der Waals surface area contributed by atoms with Crippen molar-refractivity contribution in [3.05, 3.63) is 23.4 Å². The van der Waals surface area contributed by atoms with Crippen LogP contribution < -0.4 is 5.73 Å². The molecule has 2 N–H and O–H groups in total. The maximum atomic E-state index is 5.74. The molecule has 0 aliphatic heterocycles. The molecule has 0 saturated heterocycles. The highest BCUT2D eigenvalue weighted by molar-refractivity contribution is 7.13. The Morgan fingerprint density at radius 3 is 2.84 bits per heavy atom. The van der Waals surface area contributed by atoms with Crippen LogP contribution in [0.1, 0.15) is 19.7 Å². The first-order chi connectivity index (χ1) is 9.00. The molecule has 6 heteroatoms. The topological polar surface area (TPSA) is 68.2 Å². The minimum atomic E-state index is 0.0886. The third kappa shape index (κ3) is 3.86. The molecular formula is C13H20N4OS. The lowest BCUT2D eigenvalue weighted by Crippen LogP contribution is -2.36. The Labute approximate surface area is 117 Å². The molecule has 0 spiro atoms. The van der Waals surface area contributed by atoms with Crippen LogP contribution in [0, 0.1) is 5.41 Å². The van der Waals surface area contributed by atoms with Crippen molar-refractivity contribution >= 4 is 11.3 Å². The lowest BCUT2D eigenvalue weighted by Gasteiger charge is -2.27. The lowest BCUT2D eigenvalue weighted by molar-refractivity contribution is 0.196. The van der Waals surface area contributed by atoms with Gasteiger partial charge in [-0.05, 0) is 30.5 Å². The summed E-state index contributed by atoms with van der Waals surface area (Å²) < 4.78 is 5.66. The van der Waals surface area contributed by atoms with Crippen molar-refractivity contribution in [2.75, 3.05) is 20.1 Å². The third-order valence-corrected chi connectivity index (χ3v) is 3.71. The molecule has 0 aliphatic carbocycles. The number of nitrogens with two attached hydrogens (primary N) is 1. The summed E-state index contributed by atoms with van der Waals surface area (Å²) in [4.78, 5) is 3.15. The smallest absolute Gasteiger partial charge is 0.257 e. The monoisotopic (exact) mass is 280 g/mol. The predicted molar refractivity (Wildman–Crippen MR) is 76.8 cm³/mol. The molecule has 2 aromatic heterocycles. The Kier molecular flexibility index (Phi) is 4.34. The van der Waals surface area contributed by atoms with Crippen molar-refractivity contribution < 1.29 is 4.42 Å². The van der Waals surface area contributed by atoms with Gasteiger partial charge in [0.05, 0.1) is 11.4 Å². The molecule has 0 fully saturated rings. The van der Waals surface area contributed by atoms with E-state index in [1.165, 1.54) is 0 Å². The first kappa shape index (κ1) is 14.2. The molecule has 104 valence electrons. The largest absolute Gasteiger partial charge is 0.419 e. The van der Waals surface area contributed by atoms with Gasteiger partial charge in [0.2, 0.25) is 5.89 Å². The number of nitrogens with zero attached hydrogens (tertiary/aromatic N) is 3. The molecule has 0 saturated carbocycles. The minimum Gasteiger partial charge on any atom is -0.419 e. The van der Waals surface area contributed by atoms with Crippen LogP contribution in [0.15, 0.2) is 21.9 Å². The second kappa shape index (κ2) is 5.81. The Hall–Kier alpha value is -1.24. The maximum absolute atomic E-state index is 5.74. The van der Waals surface area contributed by atoms with Gasteiger partial charge in [0.1, 0.15) is 0 Å². The Balaban J connectivity index is 1.97. The van der Waals surface area contributed by atoms with Crippen molar-refractivity contribution in [1.82, 2.24) is 15.1 Å². The quantitative estimate of drug-likeness (QED) is 0.878. The zero-order valence-electron chi connectivity index (χ0n) is 11.6. The molecule has 2 rings (SSSR count). The van der Waals surface area contributed by atoms with Crippen LogP contribution >= 0.6 is 11.3 Å². The predicted octanol–water partition coefficient (Wildman–Crippen LogP) is 2.21. The fourth-order valence-electron chi connectivity index (χ4n) is 1.90. The van der Waals surface area contributed by atoms with E-state index in [0.717, 1.165) is 11.4 Å². The first-order valence-electron chi connectivity index (χ1n) is 6.25. The van der Waals surface area contributed by atoms with E-state index in [1.54, 1.807) is 11.3 Å². The molecule has 0 aromatic carbocycles. The number of thiophene rings is 1. The van der Waals surface area contributed by atoms with Gasteiger partial charge in [-0.25, -0.2) is 0 Å². The van der Waals surface area contributed by atoms with Gasteiger partial charge in [-0.2, -0.15) is 0 Å². The van der Waals surface area contributed by atoms with Gasteiger partial charge in [-0.15, -0.1) is 21.5 Å². The van der Waals surface area contributed by atoms with E-state index in [4.69, 9.17) is 10.2 Å². The van der Waals surface area contributed by atoms with Crippen LogP contribution in [0.4, 0.5) is 0 Å². The van der Waals surface area contributed by atoms with Crippen LogP contribution in [0.25, 0.3) is 10.8 Å². The number of hydrogen-bond donors (Lipinski definition) is 1. The van der Waals surface area contributed by atoms with Crippen molar-refractivity contribution in [3.8, 4) is 10.8 Å². The summed E-state index contributed by atoms with van der Waals surface area (Å²) in [5.41, 5.74) is 5.83. The van der Waals surface area contributed by atoms with Crippen molar-refractivity contribution in [2.24, 2.45) is 11.1 Å². The highest BCUT2D eigenvalue weighted by atomic mass is 32.1. The molecule has 5 nitrogen and oxygen atoms in total. The van der Waals surface area contributed by atoms with Crippen LogP contribution in [0.5, 0.6) is 0 Å². The SMILES string of the molecule is CN(Cc1nnc(-c2cccs2)o1)CC(C)(C)CN. The normalized spacial score (nSPS) is 12.3. The molecule has 0 amide bonds. The Bertz CT molecular complexity index is 506. The van der Waals surface area contributed by atoms with Gasteiger partial charge in [0.25, 0.3) is 5.89 Å². The highest BCUT2D eigenvalue weighted by Gasteiger charge is 2.19. The summed E-state index contributed by atoms with van der Waals surface area (Å²) in [7, 11) is 2.03. The van der Waals surface area contributed by atoms with E-state index in [0.29, 0.717) is 24.9 Å². The molecule has 2 aromatic rings. The van der Waals surface area contributed by atoms with Gasteiger partial charge in [0, 0.05) is 6.54 Å². The van der Waals surface area contributed by atoms with Gasteiger partial charge in [-0.3, -0.25) is 4.90 Å². The van der Waals surface area contributed by atoms with E-state index < -0.39 is 0 Å². The molecule has 0 bridgehead atoms.